The molecular weight excluding hydrogens is 389 g/mol. The van der Waals surface area contributed by atoms with Crippen LogP contribution >= 0.6 is 0 Å². The van der Waals surface area contributed by atoms with Gasteiger partial charge in [-0.25, -0.2) is 17.5 Å². The first-order valence-electron chi connectivity index (χ1n) is 8.58. The van der Waals surface area contributed by atoms with Crippen molar-refractivity contribution in [2.45, 2.75) is 19.0 Å². The summed E-state index contributed by atoms with van der Waals surface area (Å²) in [7, 11) is -0.221. The van der Waals surface area contributed by atoms with Gasteiger partial charge in [0.05, 0.1) is 24.3 Å². The Bertz CT molecular complexity index is 1070. The number of likely N-dealkylation sites (N-methyl/N-ethyl adjacent to an activating group) is 1. The minimum Gasteiger partial charge on any atom is -0.496 e. The maximum absolute atomic E-state index is 13.4. The van der Waals surface area contributed by atoms with Crippen molar-refractivity contribution in [3.05, 3.63) is 46.5 Å². The monoisotopic (exact) mass is 409 g/mol. The lowest BCUT2D eigenvalue weighted by Gasteiger charge is -2.23. The maximum Gasteiger partial charge on any atom is 0.267 e. The Kier molecular flexibility index (Phi) is 5.50. The molecule has 1 saturated heterocycles. The number of carbonyl (C=O) groups excluding carboxylic acids is 1. The van der Waals surface area contributed by atoms with Crippen LogP contribution < -0.4 is 10.3 Å². The molecule has 1 atom stereocenters. The quantitative estimate of drug-likeness (QED) is 0.721. The number of hydrogen-bond donors (Lipinski definition) is 0. The van der Waals surface area contributed by atoms with E-state index in [1.54, 1.807) is 0 Å². The molecule has 1 aliphatic rings. The number of methoxy groups -OCH3 is 1. The molecule has 1 aromatic carbocycles. The summed E-state index contributed by atoms with van der Waals surface area (Å²) >= 11 is 0. The van der Waals surface area contributed by atoms with Crippen molar-refractivity contribution in [3.8, 4) is 17.0 Å². The molecule has 0 unspecified atom stereocenters. The van der Waals surface area contributed by atoms with E-state index >= 15 is 0 Å². The van der Waals surface area contributed by atoms with Gasteiger partial charge in [0.2, 0.25) is 5.91 Å². The molecule has 1 aliphatic heterocycles. The smallest absolute Gasteiger partial charge is 0.267 e. The van der Waals surface area contributed by atoms with E-state index in [1.165, 1.54) is 49.4 Å². The molecule has 1 fully saturated rings. The molecule has 2 heterocycles. The van der Waals surface area contributed by atoms with E-state index in [2.05, 4.69) is 5.10 Å². The molecule has 8 nitrogen and oxygen atoms in total. The van der Waals surface area contributed by atoms with Gasteiger partial charge in [-0.15, -0.1) is 0 Å². The summed E-state index contributed by atoms with van der Waals surface area (Å²) in [4.78, 5) is 26.0. The Morgan fingerprint density at radius 2 is 2.11 bits per heavy atom. The average Bonchev–Trinajstić information content (AvgIpc) is 3.02. The molecule has 10 heteroatoms. The van der Waals surface area contributed by atoms with Crippen LogP contribution in [0.2, 0.25) is 0 Å². The molecule has 0 spiro atoms. The number of carbonyl (C=O) groups is 1. The van der Waals surface area contributed by atoms with Gasteiger partial charge < -0.3 is 9.64 Å². The van der Waals surface area contributed by atoms with Crippen LogP contribution in [0.1, 0.15) is 6.42 Å². The lowest BCUT2D eigenvalue weighted by atomic mass is 10.1. The number of benzene rings is 1. The highest BCUT2D eigenvalue weighted by atomic mass is 32.2. The molecular formula is C18H20FN3O5S. The highest BCUT2D eigenvalue weighted by molar-refractivity contribution is 7.91. The van der Waals surface area contributed by atoms with Crippen LogP contribution in [0.25, 0.3) is 11.3 Å². The SMILES string of the molecule is COc1cc(F)ccc1-c1ccc(=O)n(CC(=O)N(C)[C@H]2CCS(=O)(=O)C2)n1. The van der Waals surface area contributed by atoms with E-state index < -0.39 is 33.2 Å². The van der Waals surface area contributed by atoms with Crippen LogP contribution in [0.15, 0.2) is 35.1 Å². The van der Waals surface area contributed by atoms with Crippen molar-refractivity contribution < 1.29 is 22.3 Å². The number of hydrogen-bond acceptors (Lipinski definition) is 6. The van der Waals surface area contributed by atoms with Gasteiger partial charge in [0, 0.05) is 30.8 Å². The van der Waals surface area contributed by atoms with Gasteiger partial charge in [0.1, 0.15) is 18.1 Å². The van der Waals surface area contributed by atoms with Gasteiger partial charge in [-0.3, -0.25) is 9.59 Å². The Balaban J connectivity index is 1.84. The van der Waals surface area contributed by atoms with E-state index in [0.29, 0.717) is 17.7 Å². The predicted molar refractivity (Wildman–Crippen MR) is 100 cm³/mol. The van der Waals surface area contributed by atoms with Crippen molar-refractivity contribution in [1.29, 1.82) is 0 Å². The zero-order chi connectivity index (χ0) is 20.5. The molecule has 0 radical (unpaired) electrons. The summed E-state index contributed by atoms with van der Waals surface area (Å²) in [6, 6.07) is 6.24. The fraction of sp³-hybridized carbons (Fsp3) is 0.389. The summed E-state index contributed by atoms with van der Waals surface area (Å²) in [6.07, 6.45) is 0.375. The number of sulfone groups is 1. The van der Waals surface area contributed by atoms with Crippen molar-refractivity contribution in [3.63, 3.8) is 0 Å². The lowest BCUT2D eigenvalue weighted by molar-refractivity contribution is -0.132. The predicted octanol–water partition coefficient (Wildman–Crippen LogP) is 0.704. The molecule has 2 aromatic rings. The normalized spacial score (nSPS) is 18.0. The highest BCUT2D eigenvalue weighted by Gasteiger charge is 2.32. The second-order valence-corrected chi connectivity index (χ2v) is 8.85. The van der Waals surface area contributed by atoms with Gasteiger partial charge in [-0.05, 0) is 24.6 Å². The Morgan fingerprint density at radius 3 is 2.75 bits per heavy atom. The zero-order valence-electron chi connectivity index (χ0n) is 15.5. The molecule has 3 rings (SSSR count). The van der Waals surface area contributed by atoms with Crippen LogP contribution in [0.5, 0.6) is 5.75 Å². The number of ether oxygens (including phenoxy) is 1. The molecule has 150 valence electrons. The van der Waals surface area contributed by atoms with Crippen molar-refractivity contribution in [2.75, 3.05) is 25.7 Å². The topological polar surface area (TPSA) is 98.6 Å². The second-order valence-electron chi connectivity index (χ2n) is 6.62. The van der Waals surface area contributed by atoms with Gasteiger partial charge in [0.15, 0.2) is 9.84 Å². The Labute approximate surface area is 161 Å². The van der Waals surface area contributed by atoms with E-state index in [0.717, 1.165) is 4.68 Å². The zero-order valence-corrected chi connectivity index (χ0v) is 16.3. The van der Waals surface area contributed by atoms with Crippen molar-refractivity contribution >= 4 is 15.7 Å². The molecule has 1 aromatic heterocycles. The fourth-order valence-electron chi connectivity index (χ4n) is 3.11. The Morgan fingerprint density at radius 1 is 1.36 bits per heavy atom. The van der Waals surface area contributed by atoms with E-state index in [4.69, 9.17) is 4.74 Å². The minimum absolute atomic E-state index is 0.0489. The highest BCUT2D eigenvalue weighted by Crippen LogP contribution is 2.28. The van der Waals surface area contributed by atoms with Crippen LogP contribution in [0.3, 0.4) is 0 Å². The summed E-state index contributed by atoms with van der Waals surface area (Å²) in [5, 5.41) is 4.19. The summed E-state index contributed by atoms with van der Waals surface area (Å²) in [5.74, 6) is -0.674. The van der Waals surface area contributed by atoms with Gasteiger partial charge in [-0.2, -0.15) is 5.10 Å². The molecule has 0 aliphatic carbocycles. The summed E-state index contributed by atoms with van der Waals surface area (Å²) < 4.78 is 42.8. The third-order valence-corrected chi connectivity index (χ3v) is 6.49. The third-order valence-electron chi connectivity index (χ3n) is 4.74. The molecule has 0 N–H and O–H groups in total. The first-order chi connectivity index (χ1) is 13.2. The largest absolute Gasteiger partial charge is 0.496 e. The van der Waals surface area contributed by atoms with Crippen LogP contribution in [-0.2, 0) is 21.2 Å². The second kappa shape index (κ2) is 7.70. The number of rotatable bonds is 5. The standard InChI is InChI=1S/C18H20FN3O5S/c1-21(13-7-8-28(25,26)11-13)18(24)10-22-17(23)6-5-15(20-22)14-4-3-12(19)9-16(14)27-2/h3-6,9,13H,7-8,10-11H2,1-2H3/t13-/m0/s1. The number of amides is 1. The maximum atomic E-state index is 13.4. The Hall–Kier alpha value is -2.75. The van der Waals surface area contributed by atoms with E-state index in [-0.39, 0.29) is 23.8 Å². The van der Waals surface area contributed by atoms with Gasteiger partial charge in [0.25, 0.3) is 5.56 Å². The number of halogens is 1. The summed E-state index contributed by atoms with van der Waals surface area (Å²) in [6.45, 7) is -0.330. The molecule has 0 bridgehead atoms. The van der Waals surface area contributed by atoms with Crippen LogP contribution in [0, 0.1) is 5.82 Å². The van der Waals surface area contributed by atoms with Crippen LogP contribution in [-0.4, -0.2) is 60.7 Å². The molecule has 28 heavy (non-hydrogen) atoms. The van der Waals surface area contributed by atoms with Gasteiger partial charge in [-0.1, -0.05) is 0 Å². The number of nitrogens with zero attached hydrogens (tertiary/aromatic N) is 3. The lowest BCUT2D eigenvalue weighted by Crippen LogP contribution is -2.41. The van der Waals surface area contributed by atoms with E-state index in [1.807, 2.05) is 0 Å². The fourth-order valence-corrected chi connectivity index (χ4v) is 4.88. The number of aromatic nitrogens is 2. The first-order valence-corrected chi connectivity index (χ1v) is 10.4. The molecule has 0 saturated carbocycles. The first kappa shape index (κ1) is 20.0. The van der Waals surface area contributed by atoms with Crippen molar-refractivity contribution in [1.82, 2.24) is 14.7 Å². The summed E-state index contributed by atoms with van der Waals surface area (Å²) in [5.41, 5.74) is 0.335. The van der Waals surface area contributed by atoms with E-state index in [9.17, 15) is 22.4 Å². The van der Waals surface area contributed by atoms with Crippen molar-refractivity contribution in [2.24, 2.45) is 0 Å². The third kappa shape index (κ3) is 4.22. The minimum atomic E-state index is -3.13. The van der Waals surface area contributed by atoms with Gasteiger partial charge >= 0.3 is 0 Å². The van der Waals surface area contributed by atoms with Crippen LogP contribution in [0.4, 0.5) is 4.39 Å². The molecule has 1 amide bonds. The average molecular weight is 409 g/mol.